The molecule has 0 aliphatic heterocycles. The first kappa shape index (κ1) is 13.7. The van der Waals surface area contributed by atoms with Gasteiger partial charge in [0.15, 0.2) is 0 Å². The van der Waals surface area contributed by atoms with Crippen molar-refractivity contribution in [2.24, 2.45) is 0 Å². The molecule has 0 aromatic heterocycles. The minimum Gasteiger partial charge on any atom is -0.299 e. The van der Waals surface area contributed by atoms with E-state index in [9.17, 15) is 4.79 Å². The van der Waals surface area contributed by atoms with E-state index >= 15 is 0 Å². The Morgan fingerprint density at radius 3 is 2.00 bits per heavy atom. The summed E-state index contributed by atoms with van der Waals surface area (Å²) in [5.41, 5.74) is 0. The minimum atomic E-state index is 0.802. The second kappa shape index (κ2) is 12.7. The van der Waals surface area contributed by atoms with Crippen molar-refractivity contribution in [2.45, 2.75) is 51.4 Å². The number of unbranched alkanes of at least 4 members (excludes halogenated alkanes) is 7. The number of hydrogen-bond acceptors (Lipinski definition) is 1. The summed E-state index contributed by atoms with van der Waals surface area (Å²) in [5, 5.41) is 0. The lowest BCUT2D eigenvalue weighted by Gasteiger charge is -1.99. The van der Waals surface area contributed by atoms with E-state index < -0.39 is 0 Å². The summed E-state index contributed by atoms with van der Waals surface area (Å²) >= 11 is 5.58. The summed E-state index contributed by atoms with van der Waals surface area (Å²) in [6.07, 6.45) is 14.3. The highest BCUT2D eigenvalue weighted by Gasteiger charge is 1.90. The van der Waals surface area contributed by atoms with Gasteiger partial charge in [-0.2, -0.15) is 0 Å². The highest BCUT2D eigenvalue weighted by molar-refractivity contribution is 6.17. The van der Waals surface area contributed by atoms with Gasteiger partial charge in [0.05, 0.1) is 0 Å². The Bertz CT molecular complexity index is 143. The molecule has 0 aromatic rings. The van der Waals surface area contributed by atoms with Gasteiger partial charge >= 0.3 is 0 Å². The molecule has 0 aliphatic carbocycles. The molecular weight excluding hydrogens is 196 g/mol. The third kappa shape index (κ3) is 11.7. The molecular formula is C12H21ClO. The van der Waals surface area contributed by atoms with Crippen LogP contribution >= 0.6 is 11.6 Å². The molecule has 0 aromatic carbocycles. The van der Waals surface area contributed by atoms with E-state index in [1.807, 2.05) is 6.08 Å². The van der Waals surface area contributed by atoms with Crippen molar-refractivity contribution in [2.75, 3.05) is 5.88 Å². The summed E-state index contributed by atoms with van der Waals surface area (Å²) in [4.78, 5) is 9.94. The number of halogens is 1. The van der Waals surface area contributed by atoms with Gasteiger partial charge in [-0.15, -0.1) is 11.6 Å². The van der Waals surface area contributed by atoms with E-state index in [0.717, 1.165) is 25.0 Å². The topological polar surface area (TPSA) is 17.1 Å². The Labute approximate surface area is 92.5 Å². The van der Waals surface area contributed by atoms with Crippen molar-refractivity contribution >= 4 is 17.9 Å². The summed E-state index contributed by atoms with van der Waals surface area (Å²) in [7, 11) is 0. The van der Waals surface area contributed by atoms with Crippen molar-refractivity contribution in [3.8, 4) is 0 Å². The molecule has 0 saturated heterocycles. The summed E-state index contributed by atoms with van der Waals surface area (Å²) in [6.45, 7) is 0. The fourth-order valence-electron chi connectivity index (χ4n) is 1.39. The predicted molar refractivity (Wildman–Crippen MR) is 62.9 cm³/mol. The van der Waals surface area contributed by atoms with E-state index in [0.29, 0.717) is 0 Å². The van der Waals surface area contributed by atoms with E-state index in [1.54, 1.807) is 6.08 Å². The molecule has 0 unspecified atom stereocenters. The van der Waals surface area contributed by atoms with Gasteiger partial charge in [0, 0.05) is 5.88 Å². The molecule has 14 heavy (non-hydrogen) atoms. The Morgan fingerprint density at radius 1 is 0.857 bits per heavy atom. The number of hydrogen-bond donors (Lipinski definition) is 0. The molecule has 0 rings (SSSR count). The van der Waals surface area contributed by atoms with Crippen LogP contribution in [0.5, 0.6) is 0 Å². The van der Waals surface area contributed by atoms with E-state index in [4.69, 9.17) is 11.6 Å². The van der Waals surface area contributed by atoms with Crippen molar-refractivity contribution in [3.05, 3.63) is 12.2 Å². The van der Waals surface area contributed by atoms with Crippen LogP contribution in [0, 0.1) is 0 Å². The van der Waals surface area contributed by atoms with Gasteiger partial charge in [-0.25, -0.2) is 0 Å². The molecule has 0 atom stereocenters. The van der Waals surface area contributed by atoms with E-state index in [-0.39, 0.29) is 0 Å². The fourth-order valence-corrected chi connectivity index (χ4v) is 1.58. The lowest BCUT2D eigenvalue weighted by atomic mass is 10.1. The van der Waals surface area contributed by atoms with E-state index in [2.05, 4.69) is 0 Å². The molecule has 0 radical (unpaired) electrons. The highest BCUT2D eigenvalue weighted by Crippen LogP contribution is 2.08. The number of carbonyl (C=O) groups is 1. The first-order chi connectivity index (χ1) is 6.91. The molecule has 0 N–H and O–H groups in total. The minimum absolute atomic E-state index is 0.802. The van der Waals surface area contributed by atoms with Gasteiger partial charge < -0.3 is 0 Å². The van der Waals surface area contributed by atoms with Crippen LogP contribution in [-0.2, 0) is 4.79 Å². The normalized spacial score (nSPS) is 10.9. The first-order valence-electron chi connectivity index (χ1n) is 5.58. The SMILES string of the molecule is O=C/C=C/CCCCCCCCCCl. The van der Waals surface area contributed by atoms with Crippen LogP contribution in [0.2, 0.25) is 0 Å². The van der Waals surface area contributed by atoms with Gasteiger partial charge in [-0.3, -0.25) is 4.79 Å². The first-order valence-corrected chi connectivity index (χ1v) is 6.11. The maximum absolute atomic E-state index is 9.94. The molecule has 0 fully saturated rings. The maximum Gasteiger partial charge on any atom is 0.142 e. The van der Waals surface area contributed by atoms with Gasteiger partial charge in [-0.05, 0) is 25.3 Å². The molecule has 0 amide bonds. The van der Waals surface area contributed by atoms with Crippen molar-refractivity contribution < 1.29 is 4.79 Å². The number of carbonyl (C=O) groups excluding carboxylic acids is 1. The third-order valence-electron chi connectivity index (χ3n) is 2.22. The second-order valence-electron chi connectivity index (χ2n) is 3.52. The highest BCUT2D eigenvalue weighted by atomic mass is 35.5. The van der Waals surface area contributed by atoms with Crippen molar-refractivity contribution in [1.82, 2.24) is 0 Å². The van der Waals surface area contributed by atoms with Crippen LogP contribution in [0.15, 0.2) is 12.2 Å². The van der Waals surface area contributed by atoms with Crippen LogP contribution in [0.3, 0.4) is 0 Å². The smallest absolute Gasteiger partial charge is 0.142 e. The lowest BCUT2D eigenvalue weighted by molar-refractivity contribution is -0.104. The third-order valence-corrected chi connectivity index (χ3v) is 2.49. The average molecular weight is 217 g/mol. The molecule has 0 aliphatic rings. The maximum atomic E-state index is 9.94. The van der Waals surface area contributed by atoms with Crippen LogP contribution in [0.4, 0.5) is 0 Å². The Balaban J connectivity index is 2.91. The molecule has 1 nitrogen and oxygen atoms in total. The predicted octanol–water partition coefficient (Wildman–Crippen LogP) is 4.10. The molecule has 2 heteroatoms. The largest absolute Gasteiger partial charge is 0.299 e. The zero-order chi connectivity index (χ0) is 10.5. The van der Waals surface area contributed by atoms with Crippen molar-refractivity contribution in [3.63, 3.8) is 0 Å². The fraction of sp³-hybridized carbons (Fsp3) is 0.750. The number of rotatable bonds is 10. The van der Waals surface area contributed by atoms with Gasteiger partial charge in [0.25, 0.3) is 0 Å². The molecule has 0 heterocycles. The van der Waals surface area contributed by atoms with Gasteiger partial charge in [0.1, 0.15) is 6.29 Å². The van der Waals surface area contributed by atoms with Crippen molar-refractivity contribution in [1.29, 1.82) is 0 Å². The van der Waals surface area contributed by atoms with Crippen LogP contribution in [0.1, 0.15) is 51.4 Å². The Hall–Kier alpha value is -0.300. The monoisotopic (exact) mass is 216 g/mol. The zero-order valence-corrected chi connectivity index (χ0v) is 9.64. The average Bonchev–Trinajstić information content (AvgIpc) is 2.21. The van der Waals surface area contributed by atoms with Gasteiger partial charge in [0.2, 0.25) is 0 Å². The summed E-state index contributed by atoms with van der Waals surface area (Å²) < 4.78 is 0. The van der Waals surface area contributed by atoms with Crippen LogP contribution in [0.25, 0.3) is 0 Å². The number of aldehydes is 1. The Morgan fingerprint density at radius 2 is 1.43 bits per heavy atom. The molecule has 0 spiro atoms. The second-order valence-corrected chi connectivity index (χ2v) is 3.89. The quantitative estimate of drug-likeness (QED) is 0.233. The lowest BCUT2D eigenvalue weighted by Crippen LogP contribution is -1.81. The molecule has 0 bridgehead atoms. The molecule has 82 valence electrons. The summed E-state index contributed by atoms with van der Waals surface area (Å²) in [6, 6.07) is 0. The zero-order valence-electron chi connectivity index (χ0n) is 8.88. The standard InChI is InChI=1S/C12H21ClO/c13-11-9-7-5-3-1-2-4-6-8-10-12-14/h8,10,12H,1-7,9,11H2/b10-8+. The van der Waals surface area contributed by atoms with Gasteiger partial charge in [-0.1, -0.05) is 38.2 Å². The molecule has 0 saturated carbocycles. The number of allylic oxidation sites excluding steroid dienone is 2. The van der Waals surface area contributed by atoms with Crippen LogP contribution < -0.4 is 0 Å². The van der Waals surface area contributed by atoms with Crippen LogP contribution in [-0.4, -0.2) is 12.2 Å². The number of alkyl halides is 1. The summed E-state index contributed by atoms with van der Waals surface area (Å²) in [5.74, 6) is 0.802. The Kier molecular flexibility index (Phi) is 12.4. The van der Waals surface area contributed by atoms with E-state index in [1.165, 1.54) is 38.5 Å².